The first-order valence-corrected chi connectivity index (χ1v) is 7.98. The van der Waals surface area contributed by atoms with Crippen LogP contribution in [-0.4, -0.2) is 36.3 Å². The van der Waals surface area contributed by atoms with Crippen LogP contribution in [0.25, 0.3) is 0 Å². The molecular weight excluding hydrogens is 218 g/mol. The van der Waals surface area contributed by atoms with Gasteiger partial charge >= 0.3 is 0 Å². The van der Waals surface area contributed by atoms with E-state index in [9.17, 15) is 0 Å². The van der Waals surface area contributed by atoms with Gasteiger partial charge in [0, 0.05) is 17.8 Å². The van der Waals surface area contributed by atoms with Crippen molar-refractivity contribution in [3.63, 3.8) is 0 Å². The van der Waals surface area contributed by atoms with Gasteiger partial charge in [0.2, 0.25) is 0 Å². The SMILES string of the molecule is CSC1CCC(NCC2CCC(C)O2)CC1. The molecule has 1 aliphatic heterocycles. The Morgan fingerprint density at radius 3 is 2.44 bits per heavy atom. The van der Waals surface area contributed by atoms with Gasteiger partial charge in [0.1, 0.15) is 0 Å². The minimum Gasteiger partial charge on any atom is -0.374 e. The number of hydrogen-bond acceptors (Lipinski definition) is 3. The zero-order valence-electron chi connectivity index (χ0n) is 10.6. The van der Waals surface area contributed by atoms with Gasteiger partial charge in [0.05, 0.1) is 12.2 Å². The average Bonchev–Trinajstić information content (AvgIpc) is 2.73. The fourth-order valence-corrected chi connectivity index (χ4v) is 3.58. The number of rotatable bonds is 4. The second-order valence-corrected chi connectivity index (χ2v) is 6.40. The van der Waals surface area contributed by atoms with Crippen LogP contribution in [0, 0.1) is 0 Å². The Labute approximate surface area is 104 Å². The summed E-state index contributed by atoms with van der Waals surface area (Å²) in [7, 11) is 0. The summed E-state index contributed by atoms with van der Waals surface area (Å²) >= 11 is 2.04. The van der Waals surface area contributed by atoms with Gasteiger partial charge in [-0.1, -0.05) is 0 Å². The van der Waals surface area contributed by atoms with Gasteiger partial charge in [-0.05, 0) is 51.7 Å². The van der Waals surface area contributed by atoms with E-state index in [1.54, 1.807) is 0 Å². The van der Waals surface area contributed by atoms with Gasteiger partial charge in [-0.3, -0.25) is 0 Å². The zero-order valence-corrected chi connectivity index (χ0v) is 11.4. The topological polar surface area (TPSA) is 21.3 Å². The molecule has 2 nitrogen and oxygen atoms in total. The van der Waals surface area contributed by atoms with Crippen LogP contribution in [0.15, 0.2) is 0 Å². The smallest absolute Gasteiger partial charge is 0.0704 e. The van der Waals surface area contributed by atoms with Crippen LogP contribution in [0.4, 0.5) is 0 Å². The molecule has 3 heteroatoms. The lowest BCUT2D eigenvalue weighted by molar-refractivity contribution is 0.0535. The summed E-state index contributed by atoms with van der Waals surface area (Å²) < 4.78 is 5.83. The molecule has 0 spiro atoms. The molecule has 2 atom stereocenters. The Kier molecular flexibility index (Phi) is 4.98. The van der Waals surface area contributed by atoms with E-state index in [2.05, 4.69) is 18.5 Å². The molecule has 1 aliphatic carbocycles. The predicted octanol–water partition coefficient (Wildman–Crippen LogP) is 2.82. The van der Waals surface area contributed by atoms with Gasteiger partial charge < -0.3 is 10.1 Å². The summed E-state index contributed by atoms with van der Waals surface area (Å²) in [5.74, 6) is 0. The summed E-state index contributed by atoms with van der Waals surface area (Å²) in [4.78, 5) is 0. The van der Waals surface area contributed by atoms with Crippen LogP contribution < -0.4 is 5.32 Å². The maximum Gasteiger partial charge on any atom is 0.0704 e. The average molecular weight is 243 g/mol. The van der Waals surface area contributed by atoms with Crippen molar-refractivity contribution in [2.45, 2.75) is 68.9 Å². The Bertz CT molecular complexity index is 204. The molecule has 1 heterocycles. The number of ether oxygens (including phenoxy) is 1. The lowest BCUT2D eigenvalue weighted by Gasteiger charge is -2.29. The second-order valence-electron chi connectivity index (χ2n) is 5.26. The fourth-order valence-electron chi connectivity index (χ4n) is 2.84. The predicted molar refractivity (Wildman–Crippen MR) is 71.1 cm³/mol. The molecule has 0 aromatic heterocycles. The third-order valence-corrected chi connectivity index (χ3v) is 5.10. The number of nitrogens with one attached hydrogen (secondary N) is 1. The highest BCUT2D eigenvalue weighted by Gasteiger charge is 2.24. The second kappa shape index (κ2) is 6.27. The first-order chi connectivity index (χ1) is 7.78. The van der Waals surface area contributed by atoms with Crippen molar-refractivity contribution < 1.29 is 4.74 Å². The zero-order chi connectivity index (χ0) is 11.4. The molecule has 2 fully saturated rings. The maximum absolute atomic E-state index is 5.83. The Balaban J connectivity index is 1.60. The highest BCUT2D eigenvalue weighted by molar-refractivity contribution is 7.99. The first-order valence-electron chi connectivity index (χ1n) is 6.69. The molecule has 1 N–H and O–H groups in total. The molecule has 0 aromatic carbocycles. The molecule has 0 bridgehead atoms. The molecular formula is C13H25NOS. The van der Waals surface area contributed by atoms with E-state index in [-0.39, 0.29) is 0 Å². The van der Waals surface area contributed by atoms with Crippen LogP contribution in [0.5, 0.6) is 0 Å². The van der Waals surface area contributed by atoms with Gasteiger partial charge in [-0.25, -0.2) is 0 Å². The van der Waals surface area contributed by atoms with Crippen molar-refractivity contribution >= 4 is 11.8 Å². The summed E-state index contributed by atoms with van der Waals surface area (Å²) in [6, 6.07) is 0.753. The van der Waals surface area contributed by atoms with Crippen molar-refractivity contribution in [3.05, 3.63) is 0 Å². The van der Waals surface area contributed by atoms with Crippen LogP contribution >= 0.6 is 11.8 Å². The minimum absolute atomic E-state index is 0.480. The van der Waals surface area contributed by atoms with Crippen molar-refractivity contribution in [1.29, 1.82) is 0 Å². The molecule has 2 aliphatic rings. The van der Waals surface area contributed by atoms with Gasteiger partial charge in [-0.15, -0.1) is 0 Å². The van der Waals surface area contributed by atoms with Crippen LogP contribution in [0.1, 0.15) is 45.4 Å². The third-order valence-electron chi connectivity index (χ3n) is 3.96. The van der Waals surface area contributed by atoms with Crippen molar-refractivity contribution in [1.82, 2.24) is 5.32 Å². The van der Waals surface area contributed by atoms with Crippen molar-refractivity contribution in [2.75, 3.05) is 12.8 Å². The molecule has 0 aromatic rings. The standard InChI is InChI=1S/C13H25NOS/c1-10-3-6-12(15-10)9-14-11-4-7-13(16-2)8-5-11/h10-14H,3-9H2,1-2H3. The fraction of sp³-hybridized carbons (Fsp3) is 1.00. The molecule has 2 unspecified atom stereocenters. The van der Waals surface area contributed by atoms with Gasteiger partial charge in [0.15, 0.2) is 0 Å². The molecule has 16 heavy (non-hydrogen) atoms. The summed E-state index contributed by atoms with van der Waals surface area (Å²) in [5.41, 5.74) is 0. The number of thioether (sulfide) groups is 1. The molecule has 0 amide bonds. The lowest BCUT2D eigenvalue weighted by atomic mass is 9.95. The Morgan fingerprint density at radius 2 is 1.88 bits per heavy atom. The maximum atomic E-state index is 5.83. The quantitative estimate of drug-likeness (QED) is 0.820. The summed E-state index contributed by atoms with van der Waals surface area (Å²) in [6.45, 7) is 3.25. The van der Waals surface area contributed by atoms with Crippen LogP contribution in [0.2, 0.25) is 0 Å². The van der Waals surface area contributed by atoms with Crippen LogP contribution in [-0.2, 0) is 4.74 Å². The minimum atomic E-state index is 0.480. The largest absolute Gasteiger partial charge is 0.374 e. The Hall–Kier alpha value is 0.270. The highest BCUT2D eigenvalue weighted by Crippen LogP contribution is 2.27. The van der Waals surface area contributed by atoms with E-state index in [0.29, 0.717) is 12.2 Å². The molecule has 1 saturated carbocycles. The molecule has 1 saturated heterocycles. The highest BCUT2D eigenvalue weighted by atomic mass is 32.2. The molecule has 94 valence electrons. The molecule has 2 rings (SSSR count). The lowest BCUT2D eigenvalue weighted by Crippen LogP contribution is -2.38. The van der Waals surface area contributed by atoms with Gasteiger partial charge in [0.25, 0.3) is 0 Å². The third kappa shape index (κ3) is 3.64. The number of hydrogen-bond donors (Lipinski definition) is 1. The van der Waals surface area contributed by atoms with E-state index in [1.807, 2.05) is 11.8 Å². The van der Waals surface area contributed by atoms with Crippen molar-refractivity contribution in [3.8, 4) is 0 Å². The monoisotopic (exact) mass is 243 g/mol. The first kappa shape index (κ1) is 12.7. The normalized spacial score (nSPS) is 40.1. The summed E-state index contributed by atoms with van der Waals surface area (Å²) in [5, 5.41) is 4.61. The van der Waals surface area contributed by atoms with E-state index in [0.717, 1.165) is 17.8 Å². The van der Waals surface area contributed by atoms with Gasteiger partial charge in [-0.2, -0.15) is 11.8 Å². The Morgan fingerprint density at radius 1 is 1.12 bits per heavy atom. The van der Waals surface area contributed by atoms with E-state index < -0.39 is 0 Å². The van der Waals surface area contributed by atoms with Crippen LogP contribution in [0.3, 0.4) is 0 Å². The summed E-state index contributed by atoms with van der Waals surface area (Å²) in [6.07, 6.45) is 11.2. The van der Waals surface area contributed by atoms with E-state index >= 15 is 0 Å². The van der Waals surface area contributed by atoms with E-state index in [4.69, 9.17) is 4.74 Å². The van der Waals surface area contributed by atoms with Crippen molar-refractivity contribution in [2.24, 2.45) is 0 Å². The molecule has 0 radical (unpaired) electrons. The van der Waals surface area contributed by atoms with E-state index in [1.165, 1.54) is 38.5 Å².